The van der Waals surface area contributed by atoms with Crippen LogP contribution < -0.4 is 5.32 Å². The highest BCUT2D eigenvalue weighted by Crippen LogP contribution is 2.23. The monoisotopic (exact) mass is 424 g/mol. The third kappa shape index (κ3) is 4.55. The Morgan fingerprint density at radius 3 is 2.67 bits per heavy atom. The van der Waals surface area contributed by atoms with Crippen molar-refractivity contribution in [3.05, 3.63) is 49.3 Å². The van der Waals surface area contributed by atoms with Gasteiger partial charge in [-0.3, -0.25) is 9.59 Å². The van der Waals surface area contributed by atoms with E-state index in [1.807, 2.05) is 39.9 Å². The van der Waals surface area contributed by atoms with Gasteiger partial charge in [0.1, 0.15) is 0 Å². The van der Waals surface area contributed by atoms with Crippen LogP contribution in [0.25, 0.3) is 6.08 Å². The van der Waals surface area contributed by atoms with E-state index in [2.05, 4.69) is 21.2 Å². The number of nitrogens with one attached hydrogen (secondary N) is 1. The first kappa shape index (κ1) is 17.4. The van der Waals surface area contributed by atoms with Crippen LogP contribution in [0.5, 0.6) is 0 Å². The molecular formula is C17H17BrN2O2S2. The summed E-state index contributed by atoms with van der Waals surface area (Å²) in [5.41, 5.74) is 0.712. The molecule has 0 saturated carbocycles. The average Bonchev–Trinajstić information content (AvgIpc) is 3.25. The van der Waals surface area contributed by atoms with E-state index >= 15 is 0 Å². The molecule has 3 heterocycles. The van der Waals surface area contributed by atoms with Gasteiger partial charge in [-0.2, -0.15) is 11.3 Å². The van der Waals surface area contributed by atoms with Crippen molar-refractivity contribution in [3.8, 4) is 0 Å². The van der Waals surface area contributed by atoms with Gasteiger partial charge < -0.3 is 10.2 Å². The Labute approximate surface area is 157 Å². The Kier molecular flexibility index (Phi) is 5.86. The fourth-order valence-corrected chi connectivity index (χ4v) is 4.55. The zero-order valence-electron chi connectivity index (χ0n) is 12.9. The lowest BCUT2D eigenvalue weighted by Crippen LogP contribution is -2.46. The minimum Gasteiger partial charge on any atom is -0.349 e. The zero-order chi connectivity index (χ0) is 16.9. The summed E-state index contributed by atoms with van der Waals surface area (Å²) in [5, 5.41) is 6.80. The molecule has 2 aromatic rings. The van der Waals surface area contributed by atoms with Gasteiger partial charge in [-0.25, -0.2) is 0 Å². The Hall–Kier alpha value is -1.44. The number of nitrogens with zero attached hydrogens (tertiary/aromatic N) is 1. The van der Waals surface area contributed by atoms with Crippen LogP contribution in [-0.2, 0) is 4.79 Å². The summed E-state index contributed by atoms with van der Waals surface area (Å²) in [6, 6.07) is 5.91. The first-order chi connectivity index (χ1) is 11.6. The van der Waals surface area contributed by atoms with Crippen LogP contribution in [0.2, 0.25) is 0 Å². The molecular weight excluding hydrogens is 408 g/mol. The first-order valence-electron chi connectivity index (χ1n) is 7.67. The number of hydrogen-bond donors (Lipinski definition) is 1. The molecule has 1 aliphatic heterocycles. The van der Waals surface area contributed by atoms with Gasteiger partial charge in [-0.15, -0.1) is 11.3 Å². The van der Waals surface area contributed by atoms with Gasteiger partial charge in [0.15, 0.2) is 0 Å². The second-order valence-electron chi connectivity index (χ2n) is 5.56. The Balaban J connectivity index is 1.47. The third-order valence-corrected chi connectivity index (χ3v) is 6.18. The molecule has 126 valence electrons. The molecule has 0 unspecified atom stereocenters. The first-order valence-corrected chi connectivity index (χ1v) is 10.2. The molecule has 1 fully saturated rings. The quantitative estimate of drug-likeness (QED) is 0.753. The number of carbonyl (C=O) groups is 2. The number of piperidine rings is 1. The van der Waals surface area contributed by atoms with Crippen molar-refractivity contribution in [3.63, 3.8) is 0 Å². The van der Waals surface area contributed by atoms with Gasteiger partial charge in [0.25, 0.3) is 5.91 Å². The molecule has 1 N–H and O–H groups in total. The van der Waals surface area contributed by atoms with Crippen LogP contribution in [0.1, 0.15) is 28.1 Å². The number of hydrogen-bond acceptors (Lipinski definition) is 4. The average molecular weight is 425 g/mol. The van der Waals surface area contributed by atoms with Crippen LogP contribution >= 0.6 is 38.6 Å². The fraction of sp³-hybridized carbons (Fsp3) is 0.294. The topological polar surface area (TPSA) is 49.4 Å². The molecule has 0 aliphatic carbocycles. The molecule has 0 radical (unpaired) electrons. The van der Waals surface area contributed by atoms with Crippen molar-refractivity contribution in [2.75, 3.05) is 13.1 Å². The van der Waals surface area contributed by atoms with Crippen LogP contribution in [0.4, 0.5) is 0 Å². The van der Waals surface area contributed by atoms with Gasteiger partial charge in [0, 0.05) is 41.0 Å². The molecule has 2 amide bonds. The molecule has 0 atom stereocenters. The number of carbonyl (C=O) groups excluding carboxylic acids is 2. The van der Waals surface area contributed by atoms with Crippen molar-refractivity contribution in [2.24, 2.45) is 0 Å². The van der Waals surface area contributed by atoms with E-state index in [1.54, 1.807) is 17.4 Å². The molecule has 0 bridgehead atoms. The summed E-state index contributed by atoms with van der Waals surface area (Å²) in [6.07, 6.45) is 5.06. The Morgan fingerprint density at radius 1 is 1.25 bits per heavy atom. The molecule has 24 heavy (non-hydrogen) atoms. The van der Waals surface area contributed by atoms with Crippen LogP contribution in [-0.4, -0.2) is 35.8 Å². The Morgan fingerprint density at radius 2 is 2.04 bits per heavy atom. The number of likely N-dealkylation sites (tertiary alicyclic amines) is 1. The standard InChI is InChI=1S/C17H17BrN2O2S2/c18-15-3-1-14(24-15)2-4-16(21)20-8-5-13(6-9-20)19-17(22)12-7-10-23-11-12/h1-4,7,10-11,13H,5-6,8-9H2,(H,19,22)/b4-2+. The molecule has 7 heteroatoms. The fourth-order valence-electron chi connectivity index (χ4n) is 2.58. The number of rotatable bonds is 4. The van der Waals surface area contributed by atoms with E-state index in [1.165, 1.54) is 11.3 Å². The number of amides is 2. The Bertz CT molecular complexity index is 732. The molecule has 1 aliphatic rings. The van der Waals surface area contributed by atoms with E-state index in [0.717, 1.165) is 21.5 Å². The summed E-state index contributed by atoms with van der Waals surface area (Å²) >= 11 is 6.52. The van der Waals surface area contributed by atoms with Gasteiger partial charge >= 0.3 is 0 Å². The summed E-state index contributed by atoms with van der Waals surface area (Å²) in [7, 11) is 0. The smallest absolute Gasteiger partial charge is 0.252 e. The summed E-state index contributed by atoms with van der Waals surface area (Å²) in [4.78, 5) is 27.2. The van der Waals surface area contributed by atoms with Gasteiger partial charge in [0.2, 0.25) is 5.91 Å². The van der Waals surface area contributed by atoms with E-state index in [0.29, 0.717) is 18.7 Å². The van der Waals surface area contributed by atoms with E-state index in [9.17, 15) is 9.59 Å². The van der Waals surface area contributed by atoms with E-state index in [-0.39, 0.29) is 17.9 Å². The highest BCUT2D eigenvalue weighted by atomic mass is 79.9. The summed E-state index contributed by atoms with van der Waals surface area (Å²) < 4.78 is 1.05. The number of halogens is 1. The SMILES string of the molecule is O=C(NC1CCN(C(=O)/C=C/c2ccc(Br)s2)CC1)c1ccsc1. The van der Waals surface area contributed by atoms with Crippen molar-refractivity contribution < 1.29 is 9.59 Å². The highest BCUT2D eigenvalue weighted by molar-refractivity contribution is 9.11. The molecule has 0 aromatic carbocycles. The molecule has 2 aromatic heterocycles. The van der Waals surface area contributed by atoms with Crippen molar-refractivity contribution >= 4 is 56.5 Å². The lowest BCUT2D eigenvalue weighted by molar-refractivity contribution is -0.126. The maximum atomic E-state index is 12.2. The second-order valence-corrected chi connectivity index (χ2v) is 8.83. The molecule has 1 saturated heterocycles. The lowest BCUT2D eigenvalue weighted by atomic mass is 10.0. The summed E-state index contributed by atoms with van der Waals surface area (Å²) in [6.45, 7) is 1.35. The van der Waals surface area contributed by atoms with Gasteiger partial charge in [0.05, 0.1) is 3.79 Å². The number of thiophene rings is 2. The van der Waals surface area contributed by atoms with Crippen molar-refractivity contribution in [2.45, 2.75) is 18.9 Å². The third-order valence-electron chi connectivity index (χ3n) is 3.91. The maximum Gasteiger partial charge on any atom is 0.252 e. The molecule has 4 nitrogen and oxygen atoms in total. The summed E-state index contributed by atoms with van der Waals surface area (Å²) in [5.74, 6) is 0.00586. The van der Waals surface area contributed by atoms with Gasteiger partial charge in [-0.1, -0.05) is 0 Å². The van der Waals surface area contributed by atoms with Crippen LogP contribution in [0.15, 0.2) is 38.8 Å². The lowest BCUT2D eigenvalue weighted by Gasteiger charge is -2.31. The second kappa shape index (κ2) is 8.09. The predicted octanol–water partition coefficient (Wildman–Crippen LogP) is 4.01. The largest absolute Gasteiger partial charge is 0.349 e. The highest BCUT2D eigenvalue weighted by Gasteiger charge is 2.23. The minimum atomic E-state index is -0.0239. The molecule has 0 spiro atoms. The van der Waals surface area contributed by atoms with E-state index < -0.39 is 0 Å². The minimum absolute atomic E-state index is 0.0239. The van der Waals surface area contributed by atoms with Crippen molar-refractivity contribution in [1.82, 2.24) is 10.2 Å². The molecule has 3 rings (SSSR count). The van der Waals surface area contributed by atoms with Crippen molar-refractivity contribution in [1.29, 1.82) is 0 Å². The maximum absolute atomic E-state index is 12.2. The zero-order valence-corrected chi connectivity index (χ0v) is 16.1. The van der Waals surface area contributed by atoms with E-state index in [4.69, 9.17) is 0 Å². The predicted molar refractivity (Wildman–Crippen MR) is 102 cm³/mol. The van der Waals surface area contributed by atoms with Crippen LogP contribution in [0, 0.1) is 0 Å². The van der Waals surface area contributed by atoms with Gasteiger partial charge in [-0.05, 0) is 58.4 Å². The van der Waals surface area contributed by atoms with Crippen LogP contribution in [0.3, 0.4) is 0 Å². The normalized spacial score (nSPS) is 15.8.